The molecule has 29 heavy (non-hydrogen) atoms. The summed E-state index contributed by atoms with van der Waals surface area (Å²) in [7, 11) is 0. The average Bonchev–Trinajstić information content (AvgIpc) is 3.45. The van der Waals surface area contributed by atoms with Crippen LogP contribution >= 0.6 is 0 Å². The molecule has 2 aromatic carbocycles. The second-order valence-corrected chi connectivity index (χ2v) is 6.91. The van der Waals surface area contributed by atoms with E-state index >= 15 is 0 Å². The van der Waals surface area contributed by atoms with Gasteiger partial charge in [-0.15, -0.1) is 5.10 Å². The number of para-hydroxylation sites is 2. The van der Waals surface area contributed by atoms with Gasteiger partial charge >= 0.3 is 0 Å². The van der Waals surface area contributed by atoms with Gasteiger partial charge in [0.25, 0.3) is 5.91 Å². The maximum atomic E-state index is 12.3. The molecule has 0 aliphatic carbocycles. The quantitative estimate of drug-likeness (QED) is 0.539. The maximum absolute atomic E-state index is 12.3. The number of nitrogens with zero attached hydrogens (tertiary/aromatic N) is 5. The summed E-state index contributed by atoms with van der Waals surface area (Å²) in [6, 6.07) is 14.9. The molecule has 1 unspecified atom stereocenters. The highest BCUT2D eigenvalue weighted by molar-refractivity contribution is 5.94. The Morgan fingerprint density at radius 1 is 1.17 bits per heavy atom. The fourth-order valence-electron chi connectivity index (χ4n) is 3.44. The third-order valence-corrected chi connectivity index (χ3v) is 4.95. The summed E-state index contributed by atoms with van der Waals surface area (Å²) in [6.45, 7) is 1.32. The fraction of sp³-hybridized carbons (Fsp3) is 0.250. The number of carbonyl (C=O) groups is 1. The van der Waals surface area contributed by atoms with Crippen molar-refractivity contribution in [2.45, 2.75) is 18.9 Å². The molecule has 9 nitrogen and oxygen atoms in total. The van der Waals surface area contributed by atoms with Crippen molar-refractivity contribution >= 4 is 34.1 Å². The zero-order valence-electron chi connectivity index (χ0n) is 15.6. The number of fused-ring (bicyclic) bond motifs is 3. The maximum Gasteiger partial charge on any atom is 0.251 e. The second kappa shape index (κ2) is 7.44. The van der Waals surface area contributed by atoms with Gasteiger partial charge in [-0.05, 0) is 59.7 Å². The molecule has 1 saturated heterocycles. The van der Waals surface area contributed by atoms with Crippen molar-refractivity contribution in [1.29, 1.82) is 0 Å². The third-order valence-electron chi connectivity index (χ3n) is 4.95. The van der Waals surface area contributed by atoms with Crippen LogP contribution in [0.1, 0.15) is 23.2 Å². The van der Waals surface area contributed by atoms with Crippen LogP contribution in [-0.4, -0.2) is 50.2 Å². The summed E-state index contributed by atoms with van der Waals surface area (Å²) in [4.78, 5) is 17.0. The highest BCUT2D eigenvalue weighted by Gasteiger charge is 2.17. The van der Waals surface area contributed by atoms with E-state index in [-0.39, 0.29) is 12.0 Å². The first-order valence-electron chi connectivity index (χ1n) is 9.52. The van der Waals surface area contributed by atoms with E-state index < -0.39 is 0 Å². The van der Waals surface area contributed by atoms with E-state index in [1.165, 1.54) is 0 Å². The highest BCUT2D eigenvalue weighted by atomic mass is 16.5. The summed E-state index contributed by atoms with van der Waals surface area (Å²) in [6.07, 6.45) is 2.17. The average molecular weight is 389 g/mol. The number of aromatic nitrogens is 5. The number of tetrazole rings is 1. The topological polar surface area (TPSA) is 106 Å². The van der Waals surface area contributed by atoms with Crippen molar-refractivity contribution in [3.63, 3.8) is 0 Å². The zero-order valence-corrected chi connectivity index (χ0v) is 15.6. The minimum Gasteiger partial charge on any atom is -0.376 e. The lowest BCUT2D eigenvalue weighted by atomic mass is 10.2. The van der Waals surface area contributed by atoms with Crippen LogP contribution in [0.15, 0.2) is 48.5 Å². The van der Waals surface area contributed by atoms with Gasteiger partial charge in [0.1, 0.15) is 0 Å². The molecule has 146 valence electrons. The van der Waals surface area contributed by atoms with E-state index in [1.807, 2.05) is 36.4 Å². The molecule has 1 aliphatic rings. The first-order chi connectivity index (χ1) is 14.3. The number of amides is 1. The number of benzene rings is 2. The summed E-state index contributed by atoms with van der Waals surface area (Å²) >= 11 is 0. The molecule has 1 atom stereocenters. The number of anilines is 2. The molecule has 1 amide bonds. The van der Waals surface area contributed by atoms with Gasteiger partial charge in [-0.2, -0.15) is 4.52 Å². The standard InChI is InChI=1S/C20H19N7O2/c28-20(21-12-15-4-3-11-29-15)13-7-9-14(10-8-13)22-18-19-24-25-26-27(19)17-6-2-1-5-16(17)23-18/h1-2,5-10,15H,3-4,11-12H2,(H,21,28)(H,22,23). The number of rotatable bonds is 5. The molecule has 0 saturated carbocycles. The van der Waals surface area contributed by atoms with Gasteiger partial charge in [0.15, 0.2) is 5.82 Å². The van der Waals surface area contributed by atoms with E-state index in [0.717, 1.165) is 36.2 Å². The largest absolute Gasteiger partial charge is 0.376 e. The highest BCUT2D eigenvalue weighted by Crippen LogP contribution is 2.22. The smallest absolute Gasteiger partial charge is 0.251 e. The normalized spacial score (nSPS) is 16.3. The Bertz CT molecular complexity index is 1170. The van der Waals surface area contributed by atoms with Crippen molar-refractivity contribution in [1.82, 2.24) is 30.3 Å². The number of nitrogens with one attached hydrogen (secondary N) is 2. The molecule has 9 heteroatoms. The Balaban J connectivity index is 1.34. The molecule has 0 bridgehead atoms. The molecule has 2 N–H and O–H groups in total. The van der Waals surface area contributed by atoms with Crippen molar-refractivity contribution in [2.75, 3.05) is 18.5 Å². The minimum atomic E-state index is -0.111. The monoisotopic (exact) mass is 389 g/mol. The van der Waals surface area contributed by atoms with Crippen LogP contribution < -0.4 is 10.6 Å². The lowest BCUT2D eigenvalue weighted by Gasteiger charge is -2.11. The Labute approximate surface area is 166 Å². The minimum absolute atomic E-state index is 0.111. The fourth-order valence-corrected chi connectivity index (χ4v) is 3.44. The first-order valence-corrected chi connectivity index (χ1v) is 9.52. The summed E-state index contributed by atoms with van der Waals surface area (Å²) in [5, 5.41) is 18.1. The van der Waals surface area contributed by atoms with Gasteiger partial charge in [0.2, 0.25) is 5.65 Å². The van der Waals surface area contributed by atoms with E-state index in [2.05, 4.69) is 31.1 Å². The van der Waals surface area contributed by atoms with Crippen LogP contribution in [0.4, 0.5) is 11.5 Å². The first kappa shape index (κ1) is 17.5. The molecule has 3 heterocycles. The second-order valence-electron chi connectivity index (χ2n) is 6.91. The lowest BCUT2D eigenvalue weighted by Crippen LogP contribution is -2.31. The molecule has 5 rings (SSSR count). The van der Waals surface area contributed by atoms with Crippen LogP contribution in [0, 0.1) is 0 Å². The Morgan fingerprint density at radius 3 is 2.86 bits per heavy atom. The third kappa shape index (κ3) is 3.47. The Hall–Kier alpha value is -3.59. The molecular weight excluding hydrogens is 370 g/mol. The van der Waals surface area contributed by atoms with Gasteiger partial charge in [-0.1, -0.05) is 12.1 Å². The SMILES string of the molecule is O=C(NCC1CCCO1)c1ccc(Nc2nc3ccccc3n3nnnc23)cc1. The van der Waals surface area contributed by atoms with Crippen molar-refractivity contribution < 1.29 is 9.53 Å². The van der Waals surface area contributed by atoms with Crippen molar-refractivity contribution in [2.24, 2.45) is 0 Å². The predicted octanol–water partition coefficient (Wildman–Crippen LogP) is 2.32. The number of hydrogen-bond donors (Lipinski definition) is 2. The summed E-state index contributed by atoms with van der Waals surface area (Å²) in [5.74, 6) is 0.434. The molecule has 1 fully saturated rings. The summed E-state index contributed by atoms with van der Waals surface area (Å²) < 4.78 is 7.18. The van der Waals surface area contributed by atoms with Crippen LogP contribution in [0.25, 0.3) is 16.7 Å². The van der Waals surface area contributed by atoms with E-state index in [4.69, 9.17) is 4.74 Å². The van der Waals surface area contributed by atoms with Crippen LogP contribution in [0.5, 0.6) is 0 Å². The lowest BCUT2D eigenvalue weighted by molar-refractivity contribution is 0.0858. The van der Waals surface area contributed by atoms with E-state index in [0.29, 0.717) is 23.6 Å². The Kier molecular flexibility index (Phi) is 4.49. The summed E-state index contributed by atoms with van der Waals surface area (Å²) in [5.41, 5.74) is 3.51. The molecular formula is C20H19N7O2. The Morgan fingerprint density at radius 2 is 2.03 bits per heavy atom. The van der Waals surface area contributed by atoms with E-state index in [9.17, 15) is 4.79 Å². The van der Waals surface area contributed by atoms with Gasteiger partial charge in [-0.3, -0.25) is 4.79 Å². The molecule has 2 aromatic heterocycles. The number of ether oxygens (including phenoxy) is 1. The zero-order chi connectivity index (χ0) is 19.6. The van der Waals surface area contributed by atoms with Crippen LogP contribution in [0.3, 0.4) is 0 Å². The predicted molar refractivity (Wildman–Crippen MR) is 107 cm³/mol. The van der Waals surface area contributed by atoms with Crippen molar-refractivity contribution in [3.8, 4) is 0 Å². The van der Waals surface area contributed by atoms with Gasteiger partial charge in [0, 0.05) is 24.4 Å². The van der Waals surface area contributed by atoms with Gasteiger partial charge < -0.3 is 15.4 Å². The van der Waals surface area contributed by atoms with Gasteiger partial charge in [0.05, 0.1) is 17.1 Å². The molecule has 0 spiro atoms. The molecule has 1 aliphatic heterocycles. The molecule has 0 radical (unpaired) electrons. The van der Waals surface area contributed by atoms with Crippen LogP contribution in [-0.2, 0) is 4.74 Å². The van der Waals surface area contributed by atoms with Crippen LogP contribution in [0.2, 0.25) is 0 Å². The molecule has 4 aromatic rings. The number of carbonyl (C=O) groups excluding carboxylic acids is 1. The van der Waals surface area contributed by atoms with E-state index in [1.54, 1.807) is 16.6 Å². The van der Waals surface area contributed by atoms with Gasteiger partial charge in [-0.25, -0.2) is 4.98 Å². The van der Waals surface area contributed by atoms with Crippen molar-refractivity contribution in [3.05, 3.63) is 54.1 Å². The number of hydrogen-bond acceptors (Lipinski definition) is 7.